The van der Waals surface area contributed by atoms with Crippen molar-refractivity contribution in [3.8, 4) is 0 Å². The van der Waals surface area contributed by atoms with Crippen molar-refractivity contribution < 1.29 is 30.0 Å². The summed E-state index contributed by atoms with van der Waals surface area (Å²) >= 11 is 0. The molecular weight excluding hydrogens is 674 g/mol. The number of nitrogens with one attached hydrogen (secondary N) is 3. The number of fused-ring (bicyclic) bond motifs is 3. The summed E-state index contributed by atoms with van der Waals surface area (Å²) < 4.78 is 0.838. The Balaban J connectivity index is 1.13. The van der Waals surface area contributed by atoms with Crippen molar-refractivity contribution in [1.82, 2.24) is 35.0 Å². The molecule has 3 amide bonds. The number of benzene rings is 3. The fraction of sp³-hybridized carbons (Fsp3) is 0.167. The maximum absolute atomic E-state index is 13.0. The van der Waals surface area contributed by atoms with Gasteiger partial charge in [-0.1, -0.05) is 54.6 Å². The zero-order valence-electron chi connectivity index (χ0n) is 27.5. The fourth-order valence-electron chi connectivity index (χ4n) is 5.82. The van der Waals surface area contributed by atoms with E-state index in [9.17, 15) is 44.4 Å². The van der Waals surface area contributed by atoms with Crippen LogP contribution in [0.5, 0.6) is 0 Å². The molecule has 3 aromatic carbocycles. The van der Waals surface area contributed by atoms with E-state index in [4.69, 9.17) is 0 Å². The molecule has 0 spiro atoms. The van der Waals surface area contributed by atoms with E-state index in [1.165, 1.54) is 36.4 Å². The van der Waals surface area contributed by atoms with E-state index in [1.807, 2.05) is 0 Å². The second-order valence-corrected chi connectivity index (χ2v) is 11.8. The van der Waals surface area contributed by atoms with Gasteiger partial charge < -0.3 is 31.6 Å². The Morgan fingerprint density at radius 3 is 1.04 bits per heavy atom. The van der Waals surface area contributed by atoms with Crippen molar-refractivity contribution in [3.05, 3.63) is 139 Å². The Morgan fingerprint density at radius 1 is 0.481 bits per heavy atom. The summed E-state index contributed by atoms with van der Waals surface area (Å²) in [4.78, 5) is 78.5. The van der Waals surface area contributed by atoms with Crippen LogP contribution in [-0.4, -0.2) is 91.7 Å². The molecule has 3 aromatic heterocycles. The van der Waals surface area contributed by atoms with Gasteiger partial charge in [0.15, 0.2) is 0 Å². The zero-order chi connectivity index (χ0) is 36.9. The predicted molar refractivity (Wildman–Crippen MR) is 190 cm³/mol. The number of aromatic nitrogens is 3. The van der Waals surface area contributed by atoms with Crippen LogP contribution >= 0.6 is 0 Å². The molecule has 6 aromatic rings. The molecule has 6 rings (SSSR count). The van der Waals surface area contributed by atoms with Gasteiger partial charge in [-0.15, -0.1) is 14.2 Å². The van der Waals surface area contributed by atoms with Crippen LogP contribution in [0, 0.1) is 0 Å². The third-order valence-electron chi connectivity index (χ3n) is 8.55. The highest BCUT2D eigenvalue weighted by Crippen LogP contribution is 2.13. The molecule has 16 nitrogen and oxygen atoms in total. The lowest BCUT2D eigenvalue weighted by Gasteiger charge is -2.23. The van der Waals surface area contributed by atoms with Crippen molar-refractivity contribution in [2.45, 2.75) is 0 Å². The lowest BCUT2D eigenvalue weighted by atomic mass is 10.1. The van der Waals surface area contributed by atoms with Gasteiger partial charge in [-0.25, -0.2) is 0 Å². The number of hydrogen-bond acceptors (Lipinski definition) is 10. The summed E-state index contributed by atoms with van der Waals surface area (Å²) in [6.07, 6.45) is 0. The largest absolute Gasteiger partial charge is 0.425 e. The van der Waals surface area contributed by atoms with Gasteiger partial charge in [-0.3, -0.25) is 33.7 Å². The number of carbonyl (C=O) groups excluding carboxylic acids is 3. The van der Waals surface area contributed by atoms with E-state index in [1.54, 1.807) is 59.5 Å². The second-order valence-electron chi connectivity index (χ2n) is 11.8. The molecule has 0 atom stereocenters. The first-order chi connectivity index (χ1) is 25.0. The summed E-state index contributed by atoms with van der Waals surface area (Å²) in [7, 11) is 0. The van der Waals surface area contributed by atoms with E-state index >= 15 is 0 Å². The normalized spacial score (nSPS) is 11.2. The highest BCUT2D eigenvalue weighted by atomic mass is 16.5. The molecule has 0 aliphatic carbocycles. The predicted octanol–water partition coefficient (Wildman–Crippen LogP) is 1.24. The molecule has 0 unspecified atom stereocenters. The zero-order valence-corrected chi connectivity index (χ0v) is 27.5. The molecular formula is C36H33N7O9. The molecule has 6 N–H and O–H groups in total. The summed E-state index contributed by atoms with van der Waals surface area (Å²) in [6, 6.07) is 23.7. The van der Waals surface area contributed by atoms with Crippen molar-refractivity contribution in [2.75, 3.05) is 39.3 Å². The Morgan fingerprint density at radius 2 is 0.750 bits per heavy atom. The highest BCUT2D eigenvalue weighted by molar-refractivity contribution is 5.98. The van der Waals surface area contributed by atoms with Gasteiger partial charge in [0.2, 0.25) is 0 Å². The fourth-order valence-corrected chi connectivity index (χ4v) is 5.82. The average molecular weight is 708 g/mol. The van der Waals surface area contributed by atoms with E-state index in [0.29, 0.717) is 16.2 Å². The van der Waals surface area contributed by atoms with Crippen LogP contribution < -0.4 is 32.6 Å². The molecule has 0 aliphatic rings. The number of pyridine rings is 3. The first-order valence-electron chi connectivity index (χ1n) is 16.1. The molecule has 0 saturated heterocycles. The molecule has 0 bridgehead atoms. The first-order valence-corrected chi connectivity index (χ1v) is 16.1. The lowest BCUT2D eigenvalue weighted by Crippen LogP contribution is -2.44. The van der Waals surface area contributed by atoms with E-state index < -0.39 is 34.4 Å². The highest BCUT2D eigenvalue weighted by Gasteiger charge is 2.19. The van der Waals surface area contributed by atoms with E-state index in [2.05, 4.69) is 16.0 Å². The summed E-state index contributed by atoms with van der Waals surface area (Å²) in [5, 5.41) is 41.2. The van der Waals surface area contributed by atoms with Crippen LogP contribution in [0.15, 0.2) is 105 Å². The maximum atomic E-state index is 13.0. The van der Waals surface area contributed by atoms with Gasteiger partial charge in [0.05, 0.1) is 16.2 Å². The minimum Gasteiger partial charge on any atom is -0.425 e. The van der Waals surface area contributed by atoms with Gasteiger partial charge in [-0.05, 0) is 52.6 Å². The Hall–Kier alpha value is -6.94. The summed E-state index contributed by atoms with van der Waals surface area (Å²) in [6.45, 7) is 0.558. The van der Waals surface area contributed by atoms with Crippen LogP contribution in [0.25, 0.3) is 32.3 Å². The van der Waals surface area contributed by atoms with Crippen LogP contribution in [0.4, 0.5) is 0 Å². The number of rotatable bonds is 12. The Bertz CT molecular complexity index is 2260. The SMILES string of the molecule is O=C(NCCN(CCNC(=O)c1cc2ccccc2c(=O)n1O)CCNC(=O)c1cc2ccccc2c(=O)n1O)c1cc2ccccc2c(=O)n1O. The number of hydrogen-bond donors (Lipinski definition) is 6. The van der Waals surface area contributed by atoms with Gasteiger partial charge in [0.1, 0.15) is 17.1 Å². The Labute approximate surface area is 293 Å². The quantitative estimate of drug-likeness (QED) is 0.100. The second kappa shape index (κ2) is 14.9. The molecule has 0 fully saturated rings. The summed E-state index contributed by atoms with van der Waals surface area (Å²) in [5.41, 5.74) is -3.08. The third-order valence-corrected chi connectivity index (χ3v) is 8.55. The topological polar surface area (TPSA) is 217 Å². The van der Waals surface area contributed by atoms with Gasteiger partial charge in [-0.2, -0.15) is 0 Å². The molecule has 0 saturated carbocycles. The molecule has 52 heavy (non-hydrogen) atoms. The number of carbonyl (C=O) groups is 3. The Kier molecular flexibility index (Phi) is 10.00. The number of amides is 3. The van der Waals surface area contributed by atoms with E-state index in [0.717, 1.165) is 0 Å². The molecule has 266 valence electrons. The average Bonchev–Trinajstić information content (AvgIpc) is 3.15. The molecule has 0 radical (unpaired) electrons. The van der Waals surface area contributed by atoms with Gasteiger partial charge >= 0.3 is 0 Å². The van der Waals surface area contributed by atoms with Crippen molar-refractivity contribution in [3.63, 3.8) is 0 Å². The summed E-state index contributed by atoms with van der Waals surface area (Å²) in [5.74, 6) is -2.16. The van der Waals surface area contributed by atoms with Gasteiger partial charge in [0, 0.05) is 39.3 Å². The minimum atomic E-state index is -0.754. The standard InChI is InChI=1S/C36H33N7O9/c44-31(28-19-22-7-1-4-10-25(22)34(47)41(28)50)37-13-16-40(17-14-38-32(45)29-20-23-8-2-5-11-26(23)35(48)42(29)51)18-15-39-33(46)30-21-24-9-3-6-12-27(24)36(49)43(30)52/h1-12,19-21,50-52H,13-18H2,(H,37,44)(H,38,45)(H,39,46). The first kappa shape index (κ1) is 34.9. The number of nitrogens with zero attached hydrogens (tertiary/aromatic N) is 4. The van der Waals surface area contributed by atoms with Gasteiger partial charge in [0.25, 0.3) is 34.4 Å². The van der Waals surface area contributed by atoms with Crippen molar-refractivity contribution in [1.29, 1.82) is 0 Å². The molecule has 3 heterocycles. The maximum Gasteiger partial charge on any atom is 0.291 e. The van der Waals surface area contributed by atoms with Crippen LogP contribution in [0.3, 0.4) is 0 Å². The minimum absolute atomic E-state index is 0.0173. The van der Waals surface area contributed by atoms with Crippen LogP contribution in [-0.2, 0) is 0 Å². The third kappa shape index (κ3) is 7.03. The van der Waals surface area contributed by atoms with Crippen LogP contribution in [0.1, 0.15) is 31.5 Å². The monoisotopic (exact) mass is 707 g/mol. The van der Waals surface area contributed by atoms with Crippen molar-refractivity contribution in [2.24, 2.45) is 0 Å². The lowest BCUT2D eigenvalue weighted by molar-refractivity contribution is 0.0887. The molecule has 16 heteroatoms. The van der Waals surface area contributed by atoms with E-state index in [-0.39, 0.29) is 86.7 Å². The molecule has 0 aliphatic heterocycles. The van der Waals surface area contributed by atoms with Crippen LogP contribution in [0.2, 0.25) is 0 Å². The smallest absolute Gasteiger partial charge is 0.291 e. The van der Waals surface area contributed by atoms with Crippen molar-refractivity contribution >= 4 is 50.0 Å².